The largest absolute Gasteiger partial charge is 0.354 e. The molecule has 33 heavy (non-hydrogen) atoms. The Morgan fingerprint density at radius 3 is 2.30 bits per heavy atom. The van der Waals surface area contributed by atoms with E-state index in [9.17, 15) is 4.79 Å². The molecule has 164 valence electrons. The third-order valence-electron chi connectivity index (χ3n) is 7.39. The molecule has 6 rings (SSSR count). The number of hydrogen-bond donors (Lipinski definition) is 1. The Hall–Kier alpha value is -3.59. The lowest BCUT2D eigenvalue weighted by Crippen LogP contribution is -2.33. The van der Waals surface area contributed by atoms with Gasteiger partial charge in [-0.05, 0) is 55.4 Å². The van der Waals surface area contributed by atoms with E-state index in [1.165, 1.54) is 22.1 Å². The van der Waals surface area contributed by atoms with Gasteiger partial charge in [0.05, 0.1) is 17.8 Å². The van der Waals surface area contributed by atoms with Gasteiger partial charge in [0.2, 0.25) is 0 Å². The number of hydrogen-bond acceptors (Lipinski definition) is 1. The number of fused-ring (bicyclic) bond motifs is 1. The van der Waals surface area contributed by atoms with Crippen LogP contribution in [0.25, 0.3) is 22.2 Å². The highest BCUT2D eigenvalue weighted by Crippen LogP contribution is 2.51. The van der Waals surface area contributed by atoms with Gasteiger partial charge in [-0.15, -0.1) is 0 Å². The van der Waals surface area contributed by atoms with Gasteiger partial charge in [0.1, 0.15) is 0 Å². The highest BCUT2D eigenvalue weighted by atomic mass is 16.2. The molecule has 3 heteroatoms. The number of carbonyl (C=O) groups excluding carboxylic acids is 1. The molecule has 2 unspecified atom stereocenters. The van der Waals surface area contributed by atoms with Gasteiger partial charge in [0, 0.05) is 22.0 Å². The molecule has 0 saturated carbocycles. The average molecular weight is 433 g/mol. The van der Waals surface area contributed by atoms with Crippen LogP contribution in [0.15, 0.2) is 96.1 Å². The molecule has 1 amide bonds. The molecule has 0 radical (unpaired) electrons. The van der Waals surface area contributed by atoms with Crippen LogP contribution in [0.2, 0.25) is 0 Å². The molecule has 0 fully saturated rings. The van der Waals surface area contributed by atoms with Crippen molar-refractivity contribution in [3.8, 4) is 11.3 Å². The van der Waals surface area contributed by atoms with E-state index >= 15 is 0 Å². The van der Waals surface area contributed by atoms with E-state index in [-0.39, 0.29) is 18.0 Å². The van der Waals surface area contributed by atoms with Crippen LogP contribution in [0.1, 0.15) is 55.8 Å². The van der Waals surface area contributed by atoms with Gasteiger partial charge >= 0.3 is 0 Å². The zero-order valence-corrected chi connectivity index (χ0v) is 18.9. The number of nitrogens with one attached hydrogen (secondary N) is 1. The topological polar surface area (TPSA) is 36.1 Å². The molecule has 3 nitrogen and oxygen atoms in total. The van der Waals surface area contributed by atoms with Gasteiger partial charge < -0.3 is 9.88 Å². The van der Waals surface area contributed by atoms with Crippen LogP contribution in [-0.4, -0.2) is 15.8 Å². The Morgan fingerprint density at radius 1 is 0.848 bits per heavy atom. The smallest absolute Gasteiger partial charge is 0.251 e. The fourth-order valence-electron chi connectivity index (χ4n) is 5.80. The lowest BCUT2D eigenvalue weighted by atomic mass is 9.85. The monoisotopic (exact) mass is 432 g/mol. The van der Waals surface area contributed by atoms with Gasteiger partial charge in [0.15, 0.2) is 0 Å². The molecular formula is C30H28N2O. The molecular weight excluding hydrogens is 404 g/mol. The molecule has 1 aromatic heterocycles. The van der Waals surface area contributed by atoms with Crippen LogP contribution in [0.4, 0.5) is 0 Å². The lowest BCUT2D eigenvalue weighted by molar-refractivity contribution is -0.129. The number of nitrogens with zero attached hydrogens (tertiary/aromatic N) is 1. The number of aromatic nitrogens is 1. The summed E-state index contributed by atoms with van der Waals surface area (Å²) in [5, 5.41) is 1.21. The minimum Gasteiger partial charge on any atom is -0.354 e. The summed E-state index contributed by atoms with van der Waals surface area (Å²) in [6.07, 6.45) is 4.15. The summed E-state index contributed by atoms with van der Waals surface area (Å²) < 4.78 is 0. The Bertz CT molecular complexity index is 1350. The first-order valence-corrected chi connectivity index (χ1v) is 12.0. The van der Waals surface area contributed by atoms with Crippen LogP contribution >= 0.6 is 0 Å². The second-order valence-corrected chi connectivity index (χ2v) is 9.24. The minimum absolute atomic E-state index is 0.00779. The van der Waals surface area contributed by atoms with Crippen LogP contribution in [0.5, 0.6) is 0 Å². The molecule has 1 aliphatic heterocycles. The molecule has 2 atom stereocenters. The summed E-state index contributed by atoms with van der Waals surface area (Å²) in [6.45, 7) is 2.18. The lowest BCUT2D eigenvalue weighted by Gasteiger charge is -2.34. The molecule has 0 spiro atoms. The van der Waals surface area contributed by atoms with E-state index < -0.39 is 0 Å². The minimum atomic E-state index is -0.0469. The van der Waals surface area contributed by atoms with Crippen molar-refractivity contribution in [1.29, 1.82) is 0 Å². The summed E-state index contributed by atoms with van der Waals surface area (Å²) in [7, 11) is 0. The highest BCUT2D eigenvalue weighted by Gasteiger charge is 2.44. The van der Waals surface area contributed by atoms with Gasteiger partial charge in [0.25, 0.3) is 5.91 Å². The molecule has 1 aliphatic carbocycles. The predicted molar refractivity (Wildman–Crippen MR) is 134 cm³/mol. The number of rotatable bonds is 4. The third kappa shape index (κ3) is 3.22. The van der Waals surface area contributed by atoms with E-state index in [2.05, 4.69) is 95.7 Å². The number of aromatic amines is 1. The zero-order chi connectivity index (χ0) is 22.4. The molecule has 1 N–H and O–H groups in total. The molecule has 0 saturated heterocycles. The van der Waals surface area contributed by atoms with Crippen molar-refractivity contribution < 1.29 is 4.79 Å². The second kappa shape index (κ2) is 8.08. The Balaban J connectivity index is 1.60. The maximum absolute atomic E-state index is 13.9. The normalized spacial score (nSPS) is 19.2. The van der Waals surface area contributed by atoms with Gasteiger partial charge in [-0.2, -0.15) is 0 Å². The summed E-state index contributed by atoms with van der Waals surface area (Å²) in [6, 6.07) is 29.4. The van der Waals surface area contributed by atoms with E-state index in [1.807, 2.05) is 6.07 Å². The van der Waals surface area contributed by atoms with Crippen LogP contribution in [0.3, 0.4) is 0 Å². The standard InChI is InChI=1S/C30H28N2O/c1-20(21-12-4-2-5-13-21)32-29(23-16-8-9-17-24(23)30(32)33)27-25-18-10-11-19-26(25)31-28(27)22-14-6-3-7-15-22/h2-7,10-15,18-20,29,31H,8-9,16-17H2,1H3. The molecule has 2 heterocycles. The highest BCUT2D eigenvalue weighted by molar-refractivity contribution is 6.01. The molecule has 3 aromatic carbocycles. The SMILES string of the molecule is CC(c1ccccc1)N1C(=O)C2=C(CCCC2)C1c1c(-c2ccccc2)[nH]c2ccccc12. The summed E-state index contributed by atoms with van der Waals surface area (Å²) >= 11 is 0. The van der Waals surface area contributed by atoms with Crippen LogP contribution in [-0.2, 0) is 4.79 Å². The van der Waals surface area contributed by atoms with Crippen molar-refractivity contribution in [3.05, 3.63) is 107 Å². The van der Waals surface area contributed by atoms with Crippen molar-refractivity contribution in [3.63, 3.8) is 0 Å². The average Bonchev–Trinajstić information content (AvgIpc) is 3.40. The number of benzene rings is 3. The maximum atomic E-state index is 13.9. The van der Waals surface area contributed by atoms with E-state index in [0.717, 1.165) is 48.0 Å². The Labute approximate surface area is 194 Å². The number of carbonyl (C=O) groups is 1. The van der Waals surface area contributed by atoms with Crippen molar-refractivity contribution in [2.75, 3.05) is 0 Å². The predicted octanol–water partition coefficient (Wildman–Crippen LogP) is 7.35. The van der Waals surface area contributed by atoms with E-state index in [1.54, 1.807) is 0 Å². The van der Waals surface area contributed by atoms with Crippen LogP contribution in [0, 0.1) is 0 Å². The van der Waals surface area contributed by atoms with Crippen molar-refractivity contribution in [1.82, 2.24) is 9.88 Å². The second-order valence-electron chi connectivity index (χ2n) is 9.24. The third-order valence-corrected chi connectivity index (χ3v) is 7.39. The number of amides is 1. The van der Waals surface area contributed by atoms with E-state index in [4.69, 9.17) is 0 Å². The van der Waals surface area contributed by atoms with Gasteiger partial charge in [-0.1, -0.05) is 78.9 Å². The Kier molecular flexibility index (Phi) is 4.91. The van der Waals surface area contributed by atoms with Crippen LogP contribution < -0.4 is 0 Å². The van der Waals surface area contributed by atoms with E-state index in [0.29, 0.717) is 0 Å². The first-order valence-electron chi connectivity index (χ1n) is 12.0. The van der Waals surface area contributed by atoms with Crippen molar-refractivity contribution in [2.45, 2.75) is 44.7 Å². The Morgan fingerprint density at radius 2 is 1.52 bits per heavy atom. The summed E-state index contributed by atoms with van der Waals surface area (Å²) in [4.78, 5) is 19.8. The van der Waals surface area contributed by atoms with Crippen molar-refractivity contribution in [2.24, 2.45) is 0 Å². The first-order chi connectivity index (χ1) is 16.2. The molecule has 2 aliphatic rings. The molecule has 0 bridgehead atoms. The summed E-state index contributed by atoms with van der Waals surface area (Å²) in [5.41, 5.74) is 8.20. The maximum Gasteiger partial charge on any atom is 0.251 e. The fraction of sp³-hybridized carbons (Fsp3) is 0.233. The fourth-order valence-corrected chi connectivity index (χ4v) is 5.80. The zero-order valence-electron chi connectivity index (χ0n) is 18.9. The van der Waals surface area contributed by atoms with Crippen molar-refractivity contribution >= 4 is 16.8 Å². The number of H-pyrrole nitrogens is 1. The quantitative estimate of drug-likeness (QED) is 0.359. The van der Waals surface area contributed by atoms with Gasteiger partial charge in [-0.3, -0.25) is 4.79 Å². The van der Waals surface area contributed by atoms with Gasteiger partial charge in [-0.25, -0.2) is 0 Å². The number of para-hydroxylation sites is 1. The first kappa shape index (κ1) is 20.0. The molecule has 4 aromatic rings. The summed E-state index contributed by atoms with van der Waals surface area (Å²) in [5.74, 6) is 0.218.